The fourth-order valence-corrected chi connectivity index (χ4v) is 7.27. The molecule has 7 nitrogen and oxygen atoms in total. The van der Waals surface area contributed by atoms with Crippen molar-refractivity contribution in [1.82, 2.24) is 0 Å². The van der Waals surface area contributed by atoms with Gasteiger partial charge in [-0.2, -0.15) is 0 Å². The van der Waals surface area contributed by atoms with Crippen LogP contribution in [0, 0.1) is 5.92 Å². The number of rotatable bonds is 21. The van der Waals surface area contributed by atoms with E-state index in [1.807, 2.05) is 25.1 Å². The Morgan fingerprint density at radius 1 is 0.647 bits per heavy atom. The highest BCUT2D eigenvalue weighted by molar-refractivity contribution is 5.97. The molecule has 0 bridgehead atoms. The van der Waals surface area contributed by atoms with Crippen LogP contribution in [-0.4, -0.2) is 17.9 Å². The second kappa shape index (κ2) is 18.9. The third-order valence-electron chi connectivity index (χ3n) is 10.2. The van der Waals surface area contributed by atoms with Gasteiger partial charge in [-0.25, -0.2) is 4.79 Å². The normalized spacial score (nSPS) is 16.1. The third-order valence-corrected chi connectivity index (χ3v) is 10.2. The predicted octanol–water partition coefficient (Wildman–Crippen LogP) is 11.8. The summed E-state index contributed by atoms with van der Waals surface area (Å²) in [5.41, 5.74) is 1.15. The molecule has 0 amide bonds. The van der Waals surface area contributed by atoms with Crippen LogP contribution in [0.4, 0.5) is 0 Å². The minimum atomic E-state index is -1.28. The molecule has 1 spiro atoms. The predicted molar refractivity (Wildman–Crippen MR) is 200 cm³/mol. The van der Waals surface area contributed by atoms with Crippen molar-refractivity contribution < 1.29 is 33.3 Å². The second-order valence-electron chi connectivity index (χ2n) is 14.3. The Morgan fingerprint density at radius 3 is 1.78 bits per heavy atom. The number of esters is 3. The molecule has 0 radical (unpaired) electrons. The fourth-order valence-electron chi connectivity index (χ4n) is 7.27. The van der Waals surface area contributed by atoms with Crippen molar-refractivity contribution in [3.05, 3.63) is 82.9 Å². The number of benzene rings is 3. The van der Waals surface area contributed by atoms with Gasteiger partial charge in [-0.05, 0) is 43.2 Å². The zero-order valence-electron chi connectivity index (χ0n) is 30.9. The topological polar surface area (TPSA) is 88.1 Å². The molecule has 3 aromatic rings. The van der Waals surface area contributed by atoms with Gasteiger partial charge in [-0.3, -0.25) is 9.59 Å². The van der Waals surface area contributed by atoms with E-state index in [2.05, 4.69) is 13.8 Å². The maximum atomic E-state index is 13.3. The molecule has 0 N–H and O–H groups in total. The molecule has 51 heavy (non-hydrogen) atoms. The summed E-state index contributed by atoms with van der Waals surface area (Å²) in [5, 5.41) is 0. The van der Waals surface area contributed by atoms with E-state index in [0.717, 1.165) is 38.5 Å². The molecule has 5 rings (SSSR count). The quantitative estimate of drug-likeness (QED) is 0.0622. The summed E-state index contributed by atoms with van der Waals surface area (Å²) < 4.78 is 24.3. The Balaban J connectivity index is 1.27. The molecule has 7 heteroatoms. The van der Waals surface area contributed by atoms with Crippen molar-refractivity contribution >= 4 is 17.9 Å². The van der Waals surface area contributed by atoms with Crippen molar-refractivity contribution in [3.8, 4) is 23.0 Å². The molecule has 3 aromatic carbocycles. The monoisotopic (exact) mass is 696 g/mol. The van der Waals surface area contributed by atoms with Crippen molar-refractivity contribution in [1.29, 1.82) is 0 Å². The Bertz CT molecular complexity index is 1630. The van der Waals surface area contributed by atoms with E-state index in [1.165, 1.54) is 70.6 Å². The average Bonchev–Trinajstić information content (AvgIpc) is 3.42. The van der Waals surface area contributed by atoms with Crippen LogP contribution in [0.25, 0.3) is 0 Å². The highest BCUT2D eigenvalue weighted by atomic mass is 16.6. The Morgan fingerprint density at radius 2 is 1.18 bits per heavy atom. The standard InChI is InChI=1S/C44H56O7/c1-4-6-8-10-12-13-15-17-19-25-41(45)48-33-26-28-37-39(30-33)50-40-31-34(49-42(46)32(3)22-18-16-14-11-9-7-5-2)27-29-38(40)44(37)36-24-21-20-23-35(36)43(47)51-44/h20-21,23-24,26-32H,4-19,22,25H2,1-3H3. The number of ether oxygens (including phenoxy) is 4. The molecule has 274 valence electrons. The highest BCUT2D eigenvalue weighted by Crippen LogP contribution is 2.57. The summed E-state index contributed by atoms with van der Waals surface area (Å²) in [6, 6.07) is 17.7. The molecule has 0 saturated heterocycles. The van der Waals surface area contributed by atoms with Crippen molar-refractivity contribution in [3.63, 3.8) is 0 Å². The lowest BCUT2D eigenvalue weighted by Crippen LogP contribution is -2.33. The first kappa shape index (κ1) is 38.1. The minimum Gasteiger partial charge on any atom is -0.456 e. The lowest BCUT2D eigenvalue weighted by Gasteiger charge is -2.36. The maximum absolute atomic E-state index is 13.3. The van der Waals surface area contributed by atoms with E-state index in [-0.39, 0.29) is 17.9 Å². The van der Waals surface area contributed by atoms with Gasteiger partial charge in [-0.15, -0.1) is 0 Å². The Hall–Kier alpha value is -4.13. The average molecular weight is 697 g/mol. The SMILES string of the molecule is CCCCCCCCCCCC(=O)Oc1ccc2c(c1)Oc1cc(OC(=O)C(C)CCCCCCCCC)ccc1C21OC(=O)c2ccccc21. The molecular formula is C44H56O7. The van der Waals surface area contributed by atoms with Crippen LogP contribution in [0.3, 0.4) is 0 Å². The van der Waals surface area contributed by atoms with Gasteiger partial charge in [0.25, 0.3) is 0 Å². The molecule has 2 unspecified atom stereocenters. The molecule has 2 aliphatic rings. The van der Waals surface area contributed by atoms with Gasteiger partial charge in [-0.1, -0.05) is 135 Å². The lowest BCUT2D eigenvalue weighted by atomic mass is 9.77. The smallest absolute Gasteiger partial charge is 0.340 e. The zero-order chi connectivity index (χ0) is 36.1. The second-order valence-corrected chi connectivity index (χ2v) is 14.3. The molecule has 2 aliphatic heterocycles. The number of unbranched alkanes of at least 4 members (excludes halogenated alkanes) is 14. The van der Waals surface area contributed by atoms with Gasteiger partial charge in [0.05, 0.1) is 11.5 Å². The van der Waals surface area contributed by atoms with Crippen LogP contribution in [0.1, 0.15) is 163 Å². The Labute approximate surface area is 304 Å². The molecule has 2 atom stereocenters. The van der Waals surface area contributed by atoms with Gasteiger partial charge < -0.3 is 18.9 Å². The van der Waals surface area contributed by atoms with Crippen LogP contribution in [0.2, 0.25) is 0 Å². The van der Waals surface area contributed by atoms with Gasteiger partial charge in [0.2, 0.25) is 0 Å². The summed E-state index contributed by atoms with van der Waals surface area (Å²) in [5.74, 6) is 0.256. The zero-order valence-corrected chi connectivity index (χ0v) is 30.9. The molecule has 0 fully saturated rings. The molecule has 0 aromatic heterocycles. The first-order valence-corrected chi connectivity index (χ1v) is 19.6. The Kier molecular flexibility index (Phi) is 14.1. The number of fused-ring (bicyclic) bond motifs is 6. The van der Waals surface area contributed by atoms with Gasteiger partial charge in [0.15, 0.2) is 5.60 Å². The van der Waals surface area contributed by atoms with Crippen molar-refractivity contribution in [2.75, 3.05) is 0 Å². The summed E-state index contributed by atoms with van der Waals surface area (Å²) >= 11 is 0. The number of carbonyl (C=O) groups excluding carboxylic acids is 3. The van der Waals surface area contributed by atoms with Crippen LogP contribution in [0.5, 0.6) is 23.0 Å². The van der Waals surface area contributed by atoms with E-state index in [1.54, 1.807) is 42.5 Å². The summed E-state index contributed by atoms with van der Waals surface area (Å²) in [6.07, 6.45) is 20.0. The van der Waals surface area contributed by atoms with Crippen molar-refractivity contribution in [2.45, 2.75) is 142 Å². The molecule has 0 saturated carbocycles. The van der Waals surface area contributed by atoms with Crippen LogP contribution >= 0.6 is 0 Å². The van der Waals surface area contributed by atoms with Crippen LogP contribution in [0.15, 0.2) is 60.7 Å². The van der Waals surface area contributed by atoms with E-state index >= 15 is 0 Å². The first-order chi connectivity index (χ1) is 24.9. The summed E-state index contributed by atoms with van der Waals surface area (Å²) in [7, 11) is 0. The van der Waals surface area contributed by atoms with Gasteiger partial charge in [0.1, 0.15) is 23.0 Å². The number of hydrogen-bond acceptors (Lipinski definition) is 7. The van der Waals surface area contributed by atoms with Crippen molar-refractivity contribution in [2.24, 2.45) is 5.92 Å². The summed E-state index contributed by atoms with van der Waals surface area (Å²) in [4.78, 5) is 39.1. The van der Waals surface area contributed by atoms with Crippen LogP contribution < -0.4 is 14.2 Å². The maximum Gasteiger partial charge on any atom is 0.340 e. The van der Waals surface area contributed by atoms with E-state index in [4.69, 9.17) is 18.9 Å². The molecule has 2 heterocycles. The van der Waals surface area contributed by atoms with E-state index in [9.17, 15) is 14.4 Å². The first-order valence-electron chi connectivity index (χ1n) is 19.6. The van der Waals surface area contributed by atoms with E-state index in [0.29, 0.717) is 51.7 Å². The number of carbonyl (C=O) groups is 3. The largest absolute Gasteiger partial charge is 0.456 e. The lowest BCUT2D eigenvalue weighted by molar-refractivity contribution is -0.138. The van der Waals surface area contributed by atoms with Gasteiger partial charge >= 0.3 is 17.9 Å². The fraction of sp³-hybridized carbons (Fsp3) is 0.523. The molecule has 0 aliphatic carbocycles. The molecular weight excluding hydrogens is 640 g/mol. The minimum absolute atomic E-state index is 0.236. The summed E-state index contributed by atoms with van der Waals surface area (Å²) in [6.45, 7) is 6.36. The third kappa shape index (κ3) is 9.61. The van der Waals surface area contributed by atoms with Crippen LogP contribution in [-0.2, 0) is 19.9 Å². The van der Waals surface area contributed by atoms with Gasteiger partial charge in [0, 0.05) is 35.2 Å². The number of hydrogen-bond donors (Lipinski definition) is 0. The van der Waals surface area contributed by atoms with E-state index < -0.39 is 11.6 Å². The highest BCUT2D eigenvalue weighted by Gasteiger charge is 2.53.